The molecule has 1 amide bonds. The number of rotatable bonds is 2. The Morgan fingerprint density at radius 1 is 1.36 bits per heavy atom. The van der Waals surface area contributed by atoms with Crippen LogP contribution in [0.1, 0.15) is 18.9 Å². The Balaban J connectivity index is 2.93. The van der Waals surface area contributed by atoms with Gasteiger partial charge in [-0.05, 0) is 12.0 Å². The molecule has 0 aliphatic heterocycles. The molecule has 0 radical (unpaired) electrons. The highest BCUT2D eigenvalue weighted by atomic mass is 16.5. The molecule has 0 unspecified atom stereocenters. The zero-order valence-corrected chi connectivity index (χ0v) is 8.36. The van der Waals surface area contributed by atoms with Crippen molar-refractivity contribution >= 4 is 11.8 Å². The molecule has 14 heavy (non-hydrogen) atoms. The fraction of sp³-hybridized carbons (Fsp3) is 0.273. The fourth-order valence-corrected chi connectivity index (χ4v) is 1.13. The summed E-state index contributed by atoms with van der Waals surface area (Å²) in [5, 5.41) is 0. The van der Waals surface area contributed by atoms with Gasteiger partial charge in [0.05, 0.1) is 12.8 Å². The van der Waals surface area contributed by atoms with Crippen LogP contribution in [0.15, 0.2) is 35.3 Å². The first kappa shape index (κ1) is 10.4. The monoisotopic (exact) mass is 191 g/mol. The Hall–Kier alpha value is -1.64. The van der Waals surface area contributed by atoms with E-state index >= 15 is 0 Å². The Morgan fingerprint density at radius 2 is 2.00 bits per heavy atom. The molecule has 0 saturated carbocycles. The number of benzene rings is 1. The summed E-state index contributed by atoms with van der Waals surface area (Å²) in [5.74, 6) is 0. The molecule has 0 spiro atoms. The van der Waals surface area contributed by atoms with Gasteiger partial charge in [0.15, 0.2) is 0 Å². The van der Waals surface area contributed by atoms with Crippen molar-refractivity contribution in [3.8, 4) is 0 Å². The van der Waals surface area contributed by atoms with E-state index in [2.05, 4.69) is 9.73 Å². The molecule has 0 heterocycles. The largest absolute Gasteiger partial charge is 0.451 e. The lowest BCUT2D eigenvalue weighted by Crippen LogP contribution is -2.04. The van der Waals surface area contributed by atoms with Crippen LogP contribution in [0.25, 0.3) is 0 Å². The summed E-state index contributed by atoms with van der Waals surface area (Å²) in [7, 11) is 1.32. The SMILES string of the molecule is CC/C(=N/C(=O)OC)c1ccccc1. The van der Waals surface area contributed by atoms with Gasteiger partial charge < -0.3 is 4.74 Å². The van der Waals surface area contributed by atoms with Crippen molar-refractivity contribution in [2.75, 3.05) is 7.11 Å². The smallest absolute Gasteiger partial charge is 0.433 e. The van der Waals surface area contributed by atoms with Crippen LogP contribution in [-0.2, 0) is 4.74 Å². The third-order valence-electron chi connectivity index (χ3n) is 1.84. The number of carbonyl (C=O) groups is 1. The Kier molecular flexibility index (Phi) is 3.85. The molecule has 0 aromatic heterocycles. The normalized spacial score (nSPS) is 11.1. The maximum Gasteiger partial charge on any atom is 0.433 e. The molecular weight excluding hydrogens is 178 g/mol. The second-order valence-electron chi connectivity index (χ2n) is 2.75. The summed E-state index contributed by atoms with van der Waals surface area (Å²) in [4.78, 5) is 14.8. The van der Waals surface area contributed by atoms with Gasteiger partial charge in [-0.15, -0.1) is 0 Å². The van der Waals surface area contributed by atoms with E-state index < -0.39 is 6.09 Å². The second-order valence-corrected chi connectivity index (χ2v) is 2.75. The molecule has 0 aliphatic carbocycles. The number of hydrogen-bond donors (Lipinski definition) is 0. The first-order valence-electron chi connectivity index (χ1n) is 4.49. The summed E-state index contributed by atoms with van der Waals surface area (Å²) in [6.45, 7) is 1.95. The predicted molar refractivity (Wildman–Crippen MR) is 55.7 cm³/mol. The summed E-state index contributed by atoms with van der Waals surface area (Å²) in [5.41, 5.74) is 1.71. The van der Waals surface area contributed by atoms with Gasteiger partial charge >= 0.3 is 6.09 Å². The van der Waals surface area contributed by atoms with Crippen molar-refractivity contribution in [1.82, 2.24) is 0 Å². The van der Waals surface area contributed by atoms with Crippen molar-refractivity contribution in [3.05, 3.63) is 35.9 Å². The molecule has 0 aliphatic rings. The average molecular weight is 191 g/mol. The third kappa shape index (κ3) is 2.69. The first-order chi connectivity index (χ1) is 6.77. The number of methoxy groups -OCH3 is 1. The molecule has 0 atom stereocenters. The topological polar surface area (TPSA) is 38.7 Å². The molecule has 3 nitrogen and oxygen atoms in total. The highest BCUT2D eigenvalue weighted by Crippen LogP contribution is 2.04. The van der Waals surface area contributed by atoms with Crippen molar-refractivity contribution in [1.29, 1.82) is 0 Å². The summed E-state index contributed by atoms with van der Waals surface area (Å²) >= 11 is 0. The van der Waals surface area contributed by atoms with Crippen molar-refractivity contribution < 1.29 is 9.53 Å². The molecule has 1 aromatic carbocycles. The van der Waals surface area contributed by atoms with Gasteiger partial charge in [0.1, 0.15) is 0 Å². The Labute approximate surface area is 83.4 Å². The molecule has 1 aromatic rings. The van der Waals surface area contributed by atoms with E-state index in [9.17, 15) is 4.79 Å². The van der Waals surface area contributed by atoms with Gasteiger partial charge in [0, 0.05) is 0 Å². The van der Waals surface area contributed by atoms with E-state index in [1.807, 2.05) is 37.3 Å². The van der Waals surface area contributed by atoms with Crippen molar-refractivity contribution in [3.63, 3.8) is 0 Å². The zero-order chi connectivity index (χ0) is 10.4. The van der Waals surface area contributed by atoms with Crippen LogP contribution in [-0.4, -0.2) is 18.9 Å². The van der Waals surface area contributed by atoms with Crippen LogP contribution >= 0.6 is 0 Å². The van der Waals surface area contributed by atoms with Crippen molar-refractivity contribution in [2.45, 2.75) is 13.3 Å². The maximum atomic E-state index is 10.9. The summed E-state index contributed by atoms with van der Waals surface area (Å²) < 4.78 is 4.48. The molecule has 3 heteroatoms. The average Bonchev–Trinajstić information content (AvgIpc) is 2.26. The van der Waals surface area contributed by atoms with E-state index in [-0.39, 0.29) is 0 Å². The maximum absolute atomic E-state index is 10.9. The van der Waals surface area contributed by atoms with Crippen LogP contribution < -0.4 is 0 Å². The minimum Gasteiger partial charge on any atom is -0.451 e. The van der Waals surface area contributed by atoms with E-state index in [1.54, 1.807) is 0 Å². The summed E-state index contributed by atoms with van der Waals surface area (Å²) in [6.07, 6.45) is 0.157. The van der Waals surface area contributed by atoms with Crippen LogP contribution in [0, 0.1) is 0 Å². The number of hydrogen-bond acceptors (Lipinski definition) is 2. The number of amides is 1. The molecule has 0 N–H and O–H groups in total. The minimum atomic E-state index is -0.550. The second kappa shape index (κ2) is 5.17. The quantitative estimate of drug-likeness (QED) is 0.674. The highest BCUT2D eigenvalue weighted by molar-refractivity contribution is 6.05. The van der Waals surface area contributed by atoms with E-state index in [4.69, 9.17) is 0 Å². The lowest BCUT2D eigenvalue weighted by molar-refractivity contribution is 0.182. The Bertz CT molecular complexity index is 330. The van der Waals surface area contributed by atoms with Crippen LogP contribution in [0.5, 0.6) is 0 Å². The highest BCUT2D eigenvalue weighted by Gasteiger charge is 2.03. The minimum absolute atomic E-state index is 0.550. The number of carbonyl (C=O) groups excluding carboxylic acids is 1. The van der Waals surface area contributed by atoms with Gasteiger partial charge in [-0.1, -0.05) is 37.3 Å². The zero-order valence-electron chi connectivity index (χ0n) is 8.36. The van der Waals surface area contributed by atoms with E-state index in [0.29, 0.717) is 6.42 Å². The third-order valence-corrected chi connectivity index (χ3v) is 1.84. The van der Waals surface area contributed by atoms with Gasteiger partial charge in [-0.25, -0.2) is 4.79 Å². The van der Waals surface area contributed by atoms with Crippen molar-refractivity contribution in [2.24, 2.45) is 4.99 Å². The molecule has 74 valence electrons. The first-order valence-corrected chi connectivity index (χ1v) is 4.49. The van der Waals surface area contributed by atoms with Gasteiger partial charge in [0.2, 0.25) is 0 Å². The lowest BCUT2D eigenvalue weighted by Gasteiger charge is -2.02. The van der Waals surface area contributed by atoms with Crippen LogP contribution in [0.4, 0.5) is 4.79 Å². The molecule has 0 bridgehead atoms. The van der Waals surface area contributed by atoms with Gasteiger partial charge in [-0.3, -0.25) is 0 Å². The van der Waals surface area contributed by atoms with Gasteiger partial charge in [-0.2, -0.15) is 4.99 Å². The van der Waals surface area contributed by atoms with E-state index in [0.717, 1.165) is 11.3 Å². The standard InChI is InChI=1S/C11H13NO2/c1-3-10(12-11(13)14-2)9-7-5-4-6-8-9/h4-8H,3H2,1-2H3/b12-10-. The number of nitrogens with zero attached hydrogens (tertiary/aromatic N) is 1. The number of ether oxygens (including phenoxy) is 1. The predicted octanol–water partition coefficient (Wildman–Crippen LogP) is 2.65. The fourth-order valence-electron chi connectivity index (χ4n) is 1.13. The van der Waals surface area contributed by atoms with Crippen LogP contribution in [0.2, 0.25) is 0 Å². The summed E-state index contributed by atoms with van der Waals surface area (Å²) in [6, 6.07) is 9.60. The molecule has 1 rings (SSSR count). The number of aliphatic imine (C=N–C) groups is 1. The molecule has 0 saturated heterocycles. The van der Waals surface area contributed by atoms with E-state index in [1.165, 1.54) is 7.11 Å². The Morgan fingerprint density at radius 3 is 2.50 bits per heavy atom. The molecule has 0 fully saturated rings. The lowest BCUT2D eigenvalue weighted by atomic mass is 10.1. The van der Waals surface area contributed by atoms with Gasteiger partial charge in [0.25, 0.3) is 0 Å². The molecular formula is C11H13NO2. The van der Waals surface area contributed by atoms with Crippen LogP contribution in [0.3, 0.4) is 0 Å².